The van der Waals surface area contributed by atoms with Crippen LogP contribution in [0.25, 0.3) is 0 Å². The third-order valence-electron chi connectivity index (χ3n) is 6.20. The molecule has 5 nitrogen and oxygen atoms in total. The number of nitrogens with zero attached hydrogens (tertiary/aromatic N) is 2. The summed E-state index contributed by atoms with van der Waals surface area (Å²) in [7, 11) is -1.99. The number of carbonyl (C=O) groups is 1. The third kappa shape index (κ3) is 6.40. The number of rotatable bonds is 7. The van der Waals surface area contributed by atoms with Crippen molar-refractivity contribution >= 4 is 14.3 Å². The van der Waals surface area contributed by atoms with E-state index in [2.05, 4.69) is 44.8 Å². The van der Waals surface area contributed by atoms with Crippen molar-refractivity contribution in [2.24, 2.45) is 5.92 Å². The zero-order valence-electron chi connectivity index (χ0n) is 18.8. The van der Waals surface area contributed by atoms with E-state index in [1.54, 1.807) is 0 Å². The monoisotopic (exact) mass is 416 g/mol. The van der Waals surface area contributed by atoms with Crippen LogP contribution in [0.4, 0.5) is 0 Å². The average molecular weight is 417 g/mol. The zero-order chi connectivity index (χ0) is 21.7. The van der Waals surface area contributed by atoms with E-state index >= 15 is 0 Å². The van der Waals surface area contributed by atoms with Gasteiger partial charge >= 0.3 is 5.97 Å². The summed E-state index contributed by atoms with van der Waals surface area (Å²) in [6, 6.07) is 9.90. The Morgan fingerprint density at radius 2 is 1.97 bits per heavy atom. The summed E-state index contributed by atoms with van der Waals surface area (Å²) in [5, 5.41) is 9.22. The van der Waals surface area contributed by atoms with Crippen molar-refractivity contribution in [3.8, 4) is 6.07 Å². The van der Waals surface area contributed by atoms with Gasteiger partial charge in [0, 0.05) is 13.1 Å². The van der Waals surface area contributed by atoms with Gasteiger partial charge in [-0.2, -0.15) is 5.26 Å². The van der Waals surface area contributed by atoms with E-state index in [4.69, 9.17) is 14.4 Å². The highest BCUT2D eigenvalue weighted by molar-refractivity contribution is 6.74. The molecule has 0 saturated carbocycles. The number of ether oxygens (including phenoxy) is 1. The molecule has 0 amide bonds. The van der Waals surface area contributed by atoms with E-state index < -0.39 is 8.32 Å². The number of nitriles is 1. The number of hydrogen-bond donors (Lipinski definition) is 0. The normalized spacial score (nSPS) is 19.4. The molecule has 2 rings (SSSR count). The van der Waals surface area contributed by atoms with Crippen molar-refractivity contribution in [1.29, 1.82) is 5.26 Å². The van der Waals surface area contributed by atoms with Gasteiger partial charge in [-0.1, -0.05) is 32.9 Å². The second-order valence-electron chi connectivity index (χ2n) is 9.45. The van der Waals surface area contributed by atoms with Crippen molar-refractivity contribution in [3.63, 3.8) is 0 Å². The predicted molar refractivity (Wildman–Crippen MR) is 118 cm³/mol. The molecule has 29 heavy (non-hydrogen) atoms. The average Bonchev–Trinajstić information content (AvgIpc) is 2.67. The molecule has 1 aliphatic heterocycles. The van der Waals surface area contributed by atoms with Crippen molar-refractivity contribution in [2.45, 2.75) is 64.8 Å². The summed E-state index contributed by atoms with van der Waals surface area (Å²) >= 11 is 0. The first-order valence-electron chi connectivity index (χ1n) is 10.6. The van der Waals surface area contributed by atoms with Crippen LogP contribution in [-0.4, -0.2) is 45.4 Å². The molecule has 0 aromatic heterocycles. The van der Waals surface area contributed by atoms with Gasteiger partial charge in [0.05, 0.1) is 30.3 Å². The summed E-state index contributed by atoms with van der Waals surface area (Å²) in [5.74, 6) is -0.143. The Hall–Kier alpha value is -1.68. The maximum Gasteiger partial charge on any atom is 0.310 e. The molecule has 0 bridgehead atoms. The van der Waals surface area contributed by atoms with Crippen LogP contribution >= 0.6 is 0 Å². The molecular weight excluding hydrogens is 380 g/mol. The number of likely N-dealkylation sites (tertiary alicyclic amines) is 1. The lowest BCUT2D eigenvalue weighted by atomic mass is 9.97. The number of piperidine rings is 1. The second-order valence-corrected chi connectivity index (χ2v) is 14.2. The van der Waals surface area contributed by atoms with Gasteiger partial charge in [0.15, 0.2) is 8.32 Å². The molecule has 6 heteroatoms. The maximum absolute atomic E-state index is 12.2. The third-order valence-corrected chi connectivity index (χ3v) is 10.7. The highest BCUT2D eigenvalue weighted by Gasteiger charge is 2.40. The van der Waals surface area contributed by atoms with Crippen LogP contribution in [-0.2, 0) is 14.0 Å². The maximum atomic E-state index is 12.2. The Balaban J connectivity index is 2.20. The molecule has 1 fully saturated rings. The summed E-state index contributed by atoms with van der Waals surface area (Å²) in [6.07, 6.45) is 1.80. The molecule has 160 valence electrons. The highest BCUT2D eigenvalue weighted by Crippen LogP contribution is 2.40. The fourth-order valence-electron chi connectivity index (χ4n) is 3.42. The van der Waals surface area contributed by atoms with Gasteiger partial charge < -0.3 is 9.16 Å². The number of hydrogen-bond acceptors (Lipinski definition) is 5. The van der Waals surface area contributed by atoms with Gasteiger partial charge in [0.2, 0.25) is 0 Å². The molecule has 1 aromatic rings. The molecular formula is C23H36N2O3Si. The summed E-state index contributed by atoms with van der Waals surface area (Å²) < 4.78 is 12.1. The first-order chi connectivity index (χ1) is 13.6. The minimum Gasteiger partial charge on any atom is -0.466 e. The fraction of sp³-hybridized carbons (Fsp3) is 0.652. The van der Waals surface area contributed by atoms with E-state index in [0.29, 0.717) is 18.7 Å². The van der Waals surface area contributed by atoms with Gasteiger partial charge in [0.25, 0.3) is 0 Å². The van der Waals surface area contributed by atoms with Crippen LogP contribution in [0.1, 0.15) is 57.8 Å². The quantitative estimate of drug-likeness (QED) is 0.467. The van der Waals surface area contributed by atoms with Crippen LogP contribution in [0.5, 0.6) is 0 Å². The van der Waals surface area contributed by atoms with Crippen LogP contribution < -0.4 is 0 Å². The summed E-state index contributed by atoms with van der Waals surface area (Å²) in [5.41, 5.74) is 1.74. The van der Waals surface area contributed by atoms with Gasteiger partial charge in [-0.3, -0.25) is 9.69 Å². The Labute approximate surface area is 177 Å². The topological polar surface area (TPSA) is 62.6 Å². The lowest BCUT2D eigenvalue weighted by Gasteiger charge is -2.41. The standard InChI is InChI=1S/C23H36N2O3Si/c1-7-27-22(26)20-9-8-14-25(16-20)17-21(28-29(5,6)23(2,3)4)19-12-10-18(15-24)11-13-19/h10-13,20-21H,7-9,14,16-17H2,1-6H3. The summed E-state index contributed by atoms with van der Waals surface area (Å²) in [4.78, 5) is 14.6. The van der Waals surface area contributed by atoms with Crippen molar-refractivity contribution in [2.75, 3.05) is 26.2 Å². The molecule has 1 aromatic carbocycles. The number of esters is 1. The van der Waals surface area contributed by atoms with Gasteiger partial charge in [-0.25, -0.2) is 0 Å². The molecule has 2 atom stereocenters. The Kier molecular flexibility index (Phi) is 8.04. The summed E-state index contributed by atoms with van der Waals surface area (Å²) in [6.45, 7) is 16.0. The Bertz CT molecular complexity index is 719. The second kappa shape index (κ2) is 9.88. The molecule has 0 spiro atoms. The molecule has 0 aliphatic carbocycles. The van der Waals surface area contributed by atoms with Crippen LogP contribution in [0.2, 0.25) is 18.1 Å². The van der Waals surface area contributed by atoms with Crippen LogP contribution in [0.3, 0.4) is 0 Å². The predicted octanol–water partition coefficient (Wildman–Crippen LogP) is 4.90. The fourth-order valence-corrected chi connectivity index (χ4v) is 4.70. The lowest BCUT2D eigenvalue weighted by molar-refractivity contribution is -0.150. The molecule has 2 unspecified atom stereocenters. The Morgan fingerprint density at radius 1 is 1.31 bits per heavy atom. The first kappa shape index (κ1) is 23.6. The van der Waals surface area contributed by atoms with Gasteiger partial charge in [-0.15, -0.1) is 0 Å². The number of carbonyl (C=O) groups excluding carboxylic acids is 1. The van der Waals surface area contributed by atoms with E-state index in [9.17, 15) is 4.79 Å². The Morgan fingerprint density at radius 3 is 2.52 bits per heavy atom. The van der Waals surface area contributed by atoms with Crippen molar-refractivity contribution < 1.29 is 14.0 Å². The SMILES string of the molecule is CCOC(=O)C1CCCN(CC(O[Si](C)(C)C(C)(C)C)c2ccc(C#N)cc2)C1. The smallest absolute Gasteiger partial charge is 0.310 e. The minimum atomic E-state index is -1.99. The number of benzene rings is 1. The van der Waals surface area contributed by atoms with Gasteiger partial charge in [-0.05, 0) is 62.1 Å². The molecule has 1 saturated heterocycles. The van der Waals surface area contributed by atoms with E-state index in [0.717, 1.165) is 31.5 Å². The van der Waals surface area contributed by atoms with E-state index in [-0.39, 0.29) is 23.0 Å². The molecule has 0 N–H and O–H groups in total. The lowest BCUT2D eigenvalue weighted by Crippen LogP contribution is -2.46. The zero-order valence-corrected chi connectivity index (χ0v) is 19.8. The molecule has 0 radical (unpaired) electrons. The largest absolute Gasteiger partial charge is 0.466 e. The first-order valence-corrected chi connectivity index (χ1v) is 13.5. The molecule has 1 heterocycles. The van der Waals surface area contributed by atoms with Crippen molar-refractivity contribution in [3.05, 3.63) is 35.4 Å². The van der Waals surface area contributed by atoms with E-state index in [1.165, 1.54) is 0 Å². The van der Waals surface area contributed by atoms with Crippen molar-refractivity contribution in [1.82, 2.24) is 4.90 Å². The van der Waals surface area contributed by atoms with Gasteiger partial charge in [0.1, 0.15) is 0 Å². The van der Waals surface area contributed by atoms with Crippen LogP contribution in [0, 0.1) is 17.2 Å². The highest BCUT2D eigenvalue weighted by atomic mass is 28.4. The van der Waals surface area contributed by atoms with E-state index in [1.807, 2.05) is 31.2 Å². The van der Waals surface area contributed by atoms with Crippen LogP contribution in [0.15, 0.2) is 24.3 Å². The molecule has 1 aliphatic rings. The minimum absolute atomic E-state index is 0.0572.